The number of carbonyl (C=O) groups is 3. The summed E-state index contributed by atoms with van der Waals surface area (Å²) >= 11 is 0. The van der Waals surface area contributed by atoms with Gasteiger partial charge >= 0.3 is 5.97 Å². The number of carbonyl (C=O) groups excluding carboxylic acids is 3. The van der Waals surface area contributed by atoms with E-state index in [4.69, 9.17) is 4.74 Å². The van der Waals surface area contributed by atoms with Gasteiger partial charge < -0.3 is 9.53 Å². The minimum atomic E-state index is -1.24. The van der Waals surface area contributed by atoms with Crippen molar-refractivity contribution in [2.75, 3.05) is 7.11 Å². The molecular weight excluding hydrogens is 268 g/mol. The lowest BCUT2D eigenvalue weighted by Gasteiger charge is -2.38. The maximum atomic E-state index is 12.9. The van der Waals surface area contributed by atoms with Crippen molar-refractivity contribution in [2.24, 2.45) is 11.3 Å². The van der Waals surface area contributed by atoms with Crippen LogP contribution in [0.15, 0.2) is 24.3 Å². The summed E-state index contributed by atoms with van der Waals surface area (Å²) in [6.07, 6.45) is 1.23. The van der Waals surface area contributed by atoms with Crippen molar-refractivity contribution >= 4 is 17.5 Å². The number of ketones is 2. The summed E-state index contributed by atoms with van der Waals surface area (Å²) in [4.78, 5) is 36.8. The van der Waals surface area contributed by atoms with E-state index in [2.05, 4.69) is 0 Å². The topological polar surface area (TPSA) is 60.4 Å². The van der Waals surface area contributed by atoms with Crippen molar-refractivity contribution in [3.8, 4) is 0 Å². The third-order valence-electron chi connectivity index (χ3n) is 4.44. The smallest absolute Gasteiger partial charge is 0.320 e. The van der Waals surface area contributed by atoms with E-state index in [1.165, 1.54) is 14.0 Å². The number of fused-ring (bicyclic) bond motifs is 1. The van der Waals surface area contributed by atoms with Gasteiger partial charge in [0.1, 0.15) is 11.2 Å². The number of Topliss-reactive ketones (excluding diaryl/α,β-unsaturated/α-hetero) is 2. The monoisotopic (exact) mass is 288 g/mol. The van der Waals surface area contributed by atoms with Crippen LogP contribution in [0.3, 0.4) is 0 Å². The third kappa shape index (κ3) is 2.50. The molecule has 0 saturated heterocycles. The Morgan fingerprint density at radius 2 is 2.00 bits per heavy atom. The number of hydrogen-bond acceptors (Lipinski definition) is 4. The van der Waals surface area contributed by atoms with E-state index < -0.39 is 11.4 Å². The SMILES string of the molecule is COC(=O)[C@]1([C@@H](C)CC(C)=O)CCc2ccccc2C1=O. The van der Waals surface area contributed by atoms with Crippen LogP contribution in [0.5, 0.6) is 0 Å². The number of methoxy groups -OCH3 is 1. The van der Waals surface area contributed by atoms with E-state index in [-0.39, 0.29) is 23.9 Å². The molecular formula is C17H20O4. The lowest BCUT2D eigenvalue weighted by molar-refractivity contribution is -0.153. The van der Waals surface area contributed by atoms with Gasteiger partial charge in [0.25, 0.3) is 0 Å². The molecule has 2 rings (SSSR count). The standard InChI is InChI=1S/C17H20O4/c1-11(10-12(2)18)17(16(20)21-3)9-8-13-6-4-5-7-14(13)15(17)19/h4-7,11H,8-10H2,1-3H3/t11-,17-/m0/s1. The van der Waals surface area contributed by atoms with Crippen molar-refractivity contribution in [1.29, 1.82) is 0 Å². The van der Waals surface area contributed by atoms with Crippen LogP contribution in [0.4, 0.5) is 0 Å². The Balaban J connectivity index is 2.50. The zero-order valence-electron chi connectivity index (χ0n) is 12.6. The first kappa shape index (κ1) is 15.4. The molecule has 4 nitrogen and oxygen atoms in total. The molecule has 0 aliphatic heterocycles. The summed E-state index contributed by atoms with van der Waals surface area (Å²) in [5, 5.41) is 0. The molecule has 1 aromatic carbocycles. The Morgan fingerprint density at radius 1 is 1.33 bits per heavy atom. The lowest BCUT2D eigenvalue weighted by Crippen LogP contribution is -2.48. The van der Waals surface area contributed by atoms with Gasteiger partial charge in [-0.15, -0.1) is 0 Å². The Hall–Kier alpha value is -1.97. The Labute approximate surface area is 124 Å². The number of esters is 1. The molecule has 2 atom stereocenters. The molecule has 0 amide bonds. The molecule has 1 aliphatic carbocycles. The maximum Gasteiger partial charge on any atom is 0.320 e. The highest BCUT2D eigenvalue weighted by Crippen LogP contribution is 2.43. The predicted octanol–water partition coefficient (Wildman–Crippen LogP) is 2.59. The van der Waals surface area contributed by atoms with Crippen molar-refractivity contribution in [3.63, 3.8) is 0 Å². The Kier molecular flexibility index (Phi) is 4.26. The van der Waals surface area contributed by atoms with E-state index in [9.17, 15) is 14.4 Å². The van der Waals surface area contributed by atoms with E-state index in [0.717, 1.165) is 5.56 Å². The van der Waals surface area contributed by atoms with E-state index in [1.807, 2.05) is 12.1 Å². The second-order valence-corrected chi connectivity index (χ2v) is 5.76. The molecule has 1 aromatic rings. The lowest BCUT2D eigenvalue weighted by atomic mass is 9.62. The van der Waals surface area contributed by atoms with Crippen LogP contribution in [-0.2, 0) is 20.7 Å². The van der Waals surface area contributed by atoms with Gasteiger partial charge in [-0.25, -0.2) is 0 Å². The highest BCUT2D eigenvalue weighted by Gasteiger charge is 2.53. The molecule has 0 unspecified atom stereocenters. The Bertz CT molecular complexity index is 590. The van der Waals surface area contributed by atoms with Gasteiger partial charge in [-0.1, -0.05) is 31.2 Å². The molecule has 0 aromatic heterocycles. The average Bonchev–Trinajstić information content (AvgIpc) is 2.46. The molecule has 0 spiro atoms. The van der Waals surface area contributed by atoms with Crippen LogP contribution in [0, 0.1) is 11.3 Å². The molecule has 0 bridgehead atoms. The van der Waals surface area contributed by atoms with Crippen molar-refractivity contribution in [1.82, 2.24) is 0 Å². The largest absolute Gasteiger partial charge is 0.468 e. The first-order chi connectivity index (χ1) is 9.93. The number of hydrogen-bond donors (Lipinski definition) is 0. The van der Waals surface area contributed by atoms with Gasteiger partial charge in [-0.2, -0.15) is 0 Å². The van der Waals surface area contributed by atoms with Gasteiger partial charge in [-0.3, -0.25) is 9.59 Å². The molecule has 0 N–H and O–H groups in total. The molecule has 112 valence electrons. The van der Waals surface area contributed by atoms with Gasteiger partial charge in [0.2, 0.25) is 0 Å². The molecule has 1 aliphatic rings. The highest BCUT2D eigenvalue weighted by molar-refractivity contribution is 6.14. The van der Waals surface area contributed by atoms with E-state index in [1.54, 1.807) is 19.1 Å². The molecule has 0 fully saturated rings. The highest BCUT2D eigenvalue weighted by atomic mass is 16.5. The quantitative estimate of drug-likeness (QED) is 0.631. The number of ether oxygens (including phenoxy) is 1. The number of benzene rings is 1. The van der Waals surface area contributed by atoms with Crippen LogP contribution < -0.4 is 0 Å². The second kappa shape index (κ2) is 5.80. The zero-order chi connectivity index (χ0) is 15.6. The second-order valence-electron chi connectivity index (χ2n) is 5.76. The normalized spacial score (nSPS) is 22.3. The van der Waals surface area contributed by atoms with Crippen molar-refractivity contribution < 1.29 is 19.1 Å². The fraction of sp³-hybridized carbons (Fsp3) is 0.471. The van der Waals surface area contributed by atoms with Crippen LogP contribution >= 0.6 is 0 Å². The van der Waals surface area contributed by atoms with Crippen LogP contribution in [-0.4, -0.2) is 24.6 Å². The first-order valence-electron chi connectivity index (χ1n) is 7.14. The summed E-state index contributed by atoms with van der Waals surface area (Å²) in [6, 6.07) is 7.33. The summed E-state index contributed by atoms with van der Waals surface area (Å²) in [5.41, 5.74) is 0.288. The van der Waals surface area contributed by atoms with Crippen molar-refractivity contribution in [2.45, 2.75) is 33.1 Å². The number of aryl methyl sites for hydroxylation is 1. The van der Waals surface area contributed by atoms with Gasteiger partial charge in [-0.05, 0) is 31.2 Å². The van der Waals surface area contributed by atoms with E-state index >= 15 is 0 Å². The molecule has 0 radical (unpaired) electrons. The molecule has 0 heterocycles. The fourth-order valence-electron chi connectivity index (χ4n) is 3.30. The summed E-state index contributed by atoms with van der Waals surface area (Å²) in [7, 11) is 1.29. The average molecular weight is 288 g/mol. The van der Waals surface area contributed by atoms with Crippen LogP contribution in [0.2, 0.25) is 0 Å². The Morgan fingerprint density at radius 3 is 2.62 bits per heavy atom. The van der Waals surface area contributed by atoms with Crippen LogP contribution in [0.1, 0.15) is 42.6 Å². The summed E-state index contributed by atoms with van der Waals surface area (Å²) in [6.45, 7) is 3.26. The maximum absolute atomic E-state index is 12.9. The first-order valence-corrected chi connectivity index (χ1v) is 7.14. The minimum Gasteiger partial charge on any atom is -0.468 e. The van der Waals surface area contributed by atoms with Crippen molar-refractivity contribution in [3.05, 3.63) is 35.4 Å². The van der Waals surface area contributed by atoms with E-state index in [0.29, 0.717) is 18.4 Å². The molecule has 21 heavy (non-hydrogen) atoms. The molecule has 4 heteroatoms. The molecule has 0 saturated carbocycles. The summed E-state index contributed by atoms with van der Waals surface area (Å²) < 4.78 is 4.91. The summed E-state index contributed by atoms with van der Waals surface area (Å²) in [5.74, 6) is -1.15. The van der Waals surface area contributed by atoms with Gasteiger partial charge in [0, 0.05) is 12.0 Å². The van der Waals surface area contributed by atoms with Gasteiger partial charge in [0.05, 0.1) is 7.11 Å². The van der Waals surface area contributed by atoms with Crippen LogP contribution in [0.25, 0.3) is 0 Å². The van der Waals surface area contributed by atoms with Gasteiger partial charge in [0.15, 0.2) is 5.78 Å². The number of rotatable bonds is 4. The zero-order valence-corrected chi connectivity index (χ0v) is 12.6. The third-order valence-corrected chi connectivity index (χ3v) is 4.44. The predicted molar refractivity (Wildman–Crippen MR) is 78.0 cm³/mol. The fourth-order valence-corrected chi connectivity index (χ4v) is 3.30. The minimum absolute atomic E-state index is 0.0302.